The third-order valence-corrected chi connectivity index (χ3v) is 5.43. The molecule has 1 heterocycles. The Morgan fingerprint density at radius 1 is 1.40 bits per heavy atom. The fourth-order valence-electron chi connectivity index (χ4n) is 2.75. The van der Waals surface area contributed by atoms with Crippen molar-refractivity contribution in [2.45, 2.75) is 45.1 Å². The molecule has 2 fully saturated rings. The van der Waals surface area contributed by atoms with E-state index in [0.29, 0.717) is 5.41 Å². The van der Waals surface area contributed by atoms with E-state index < -0.39 is 0 Å². The van der Waals surface area contributed by atoms with E-state index in [-0.39, 0.29) is 0 Å². The molecule has 1 aliphatic heterocycles. The molecule has 2 nitrogen and oxygen atoms in total. The number of amidine groups is 1. The second-order valence-corrected chi connectivity index (χ2v) is 6.55. The number of thioether (sulfide) groups is 1. The first-order valence-electron chi connectivity index (χ1n) is 6.21. The maximum absolute atomic E-state index is 4.75. The van der Waals surface area contributed by atoms with Gasteiger partial charge in [0.1, 0.15) is 0 Å². The van der Waals surface area contributed by atoms with Gasteiger partial charge in [-0.2, -0.15) is 0 Å². The van der Waals surface area contributed by atoms with Crippen LogP contribution >= 0.6 is 11.8 Å². The van der Waals surface area contributed by atoms with Crippen molar-refractivity contribution in [2.75, 3.05) is 12.3 Å². The van der Waals surface area contributed by atoms with Gasteiger partial charge in [0.25, 0.3) is 0 Å². The summed E-state index contributed by atoms with van der Waals surface area (Å²) in [6, 6.07) is 0.730. The molecule has 0 bridgehead atoms. The van der Waals surface area contributed by atoms with Gasteiger partial charge in [-0.15, -0.1) is 0 Å². The van der Waals surface area contributed by atoms with Gasteiger partial charge >= 0.3 is 0 Å². The number of hydrogen-bond donors (Lipinski definition) is 1. The quantitative estimate of drug-likeness (QED) is 0.740. The van der Waals surface area contributed by atoms with Crippen molar-refractivity contribution < 1.29 is 0 Å². The lowest BCUT2D eigenvalue weighted by Crippen LogP contribution is -2.34. The molecule has 3 rings (SSSR count). The highest BCUT2D eigenvalue weighted by Gasteiger charge is 2.38. The number of hydrogen-bond acceptors (Lipinski definition) is 3. The van der Waals surface area contributed by atoms with E-state index in [1.165, 1.54) is 43.0 Å². The van der Waals surface area contributed by atoms with Crippen LogP contribution in [-0.4, -0.2) is 23.5 Å². The van der Waals surface area contributed by atoms with Gasteiger partial charge in [0.15, 0.2) is 5.17 Å². The first kappa shape index (κ1) is 10.0. The van der Waals surface area contributed by atoms with Crippen molar-refractivity contribution in [1.29, 1.82) is 0 Å². The molecule has 3 heteroatoms. The topological polar surface area (TPSA) is 24.4 Å². The van der Waals surface area contributed by atoms with Crippen molar-refractivity contribution in [2.24, 2.45) is 16.3 Å². The highest BCUT2D eigenvalue weighted by Crippen LogP contribution is 2.43. The average molecular weight is 224 g/mol. The standard InChI is InChI=1S/C12H20N2S/c1-9-6-10(9)14-11-13-7-12(8-15-11)4-2-3-5-12/h9-10H,2-8H2,1H3,(H,13,14). The molecule has 1 N–H and O–H groups in total. The summed E-state index contributed by atoms with van der Waals surface area (Å²) in [5.41, 5.74) is 0.588. The predicted octanol–water partition coefficient (Wildman–Crippen LogP) is 2.65. The highest BCUT2D eigenvalue weighted by atomic mass is 32.2. The zero-order valence-electron chi connectivity index (χ0n) is 9.46. The monoisotopic (exact) mass is 224 g/mol. The van der Waals surface area contributed by atoms with Gasteiger partial charge < -0.3 is 5.32 Å². The summed E-state index contributed by atoms with van der Waals surface area (Å²) < 4.78 is 0. The molecule has 2 atom stereocenters. The van der Waals surface area contributed by atoms with E-state index in [1.807, 2.05) is 11.8 Å². The molecule has 1 spiro atoms. The molecule has 2 unspecified atom stereocenters. The molecular weight excluding hydrogens is 204 g/mol. The number of nitrogens with one attached hydrogen (secondary N) is 1. The Kier molecular flexibility index (Phi) is 2.46. The minimum Gasteiger partial charge on any atom is -0.362 e. The number of nitrogens with zero attached hydrogens (tertiary/aromatic N) is 1. The molecule has 0 aromatic rings. The molecule has 0 aromatic carbocycles. The Labute approximate surface area is 96.3 Å². The predicted molar refractivity (Wildman–Crippen MR) is 66.4 cm³/mol. The van der Waals surface area contributed by atoms with E-state index >= 15 is 0 Å². The normalized spacial score (nSPS) is 37.8. The van der Waals surface area contributed by atoms with Crippen LogP contribution in [0.3, 0.4) is 0 Å². The van der Waals surface area contributed by atoms with E-state index in [1.54, 1.807) is 0 Å². The Morgan fingerprint density at radius 3 is 2.67 bits per heavy atom. The maximum atomic E-state index is 4.75. The van der Waals surface area contributed by atoms with Crippen LogP contribution in [0, 0.1) is 11.3 Å². The van der Waals surface area contributed by atoms with E-state index in [2.05, 4.69) is 12.2 Å². The summed E-state index contributed by atoms with van der Waals surface area (Å²) in [7, 11) is 0. The summed E-state index contributed by atoms with van der Waals surface area (Å²) in [5, 5.41) is 4.79. The lowest BCUT2D eigenvalue weighted by molar-refractivity contribution is 0.358. The smallest absolute Gasteiger partial charge is 0.156 e. The highest BCUT2D eigenvalue weighted by molar-refractivity contribution is 8.13. The molecule has 3 aliphatic rings. The lowest BCUT2D eigenvalue weighted by atomic mass is 9.89. The van der Waals surface area contributed by atoms with Crippen LogP contribution in [0.15, 0.2) is 4.99 Å². The van der Waals surface area contributed by atoms with Crippen molar-refractivity contribution in [3.63, 3.8) is 0 Å². The van der Waals surface area contributed by atoms with Crippen LogP contribution in [-0.2, 0) is 0 Å². The minimum atomic E-state index is 0.588. The third kappa shape index (κ3) is 2.03. The Balaban J connectivity index is 1.57. The van der Waals surface area contributed by atoms with Crippen molar-refractivity contribution in [1.82, 2.24) is 5.32 Å². The molecule has 2 aliphatic carbocycles. The maximum Gasteiger partial charge on any atom is 0.156 e. The van der Waals surface area contributed by atoms with Crippen LogP contribution < -0.4 is 5.32 Å². The first-order valence-corrected chi connectivity index (χ1v) is 7.20. The van der Waals surface area contributed by atoms with Gasteiger partial charge in [-0.05, 0) is 30.6 Å². The van der Waals surface area contributed by atoms with Gasteiger partial charge in [-0.3, -0.25) is 4.99 Å². The molecule has 0 radical (unpaired) electrons. The van der Waals surface area contributed by atoms with Crippen molar-refractivity contribution >= 4 is 16.9 Å². The second kappa shape index (κ2) is 3.69. The Morgan fingerprint density at radius 2 is 2.13 bits per heavy atom. The SMILES string of the molecule is CC1CC1NC1=NCC2(CCCC2)CS1. The summed E-state index contributed by atoms with van der Waals surface area (Å²) in [6.07, 6.45) is 7.02. The molecular formula is C12H20N2S. The summed E-state index contributed by atoms with van der Waals surface area (Å²) in [5.74, 6) is 2.18. The van der Waals surface area contributed by atoms with E-state index in [9.17, 15) is 0 Å². The van der Waals surface area contributed by atoms with Gasteiger partial charge in [-0.1, -0.05) is 31.5 Å². The zero-order chi connectivity index (χ0) is 10.3. The Bertz CT molecular complexity index is 281. The van der Waals surface area contributed by atoms with Crippen LogP contribution in [0.4, 0.5) is 0 Å². The molecule has 0 aromatic heterocycles. The van der Waals surface area contributed by atoms with Gasteiger partial charge in [0.05, 0.1) is 0 Å². The fraction of sp³-hybridized carbons (Fsp3) is 0.917. The van der Waals surface area contributed by atoms with E-state index in [0.717, 1.165) is 18.5 Å². The molecule has 84 valence electrons. The lowest BCUT2D eigenvalue weighted by Gasteiger charge is -2.31. The fourth-order valence-corrected chi connectivity index (χ4v) is 3.96. The minimum absolute atomic E-state index is 0.588. The van der Waals surface area contributed by atoms with Crippen LogP contribution in [0.5, 0.6) is 0 Å². The van der Waals surface area contributed by atoms with Crippen molar-refractivity contribution in [3.8, 4) is 0 Å². The Hall–Kier alpha value is -0.180. The number of rotatable bonds is 1. The molecule has 2 saturated carbocycles. The van der Waals surface area contributed by atoms with Crippen LogP contribution in [0.25, 0.3) is 0 Å². The second-order valence-electron chi connectivity index (χ2n) is 5.58. The van der Waals surface area contributed by atoms with Crippen molar-refractivity contribution in [3.05, 3.63) is 0 Å². The van der Waals surface area contributed by atoms with Gasteiger partial charge in [0, 0.05) is 18.3 Å². The summed E-state index contributed by atoms with van der Waals surface area (Å²) in [4.78, 5) is 4.75. The van der Waals surface area contributed by atoms with Crippen LogP contribution in [0.1, 0.15) is 39.0 Å². The van der Waals surface area contributed by atoms with E-state index in [4.69, 9.17) is 4.99 Å². The molecule has 0 amide bonds. The van der Waals surface area contributed by atoms with Gasteiger partial charge in [0.2, 0.25) is 0 Å². The van der Waals surface area contributed by atoms with Crippen LogP contribution in [0.2, 0.25) is 0 Å². The average Bonchev–Trinajstić information content (AvgIpc) is 2.77. The summed E-state index contributed by atoms with van der Waals surface area (Å²) in [6.45, 7) is 3.40. The summed E-state index contributed by atoms with van der Waals surface area (Å²) >= 11 is 1.97. The third-order valence-electron chi connectivity index (χ3n) is 4.16. The molecule has 0 saturated heterocycles. The zero-order valence-corrected chi connectivity index (χ0v) is 10.3. The van der Waals surface area contributed by atoms with Gasteiger partial charge in [-0.25, -0.2) is 0 Å². The number of aliphatic imine (C=N–C) groups is 1. The largest absolute Gasteiger partial charge is 0.362 e. The first-order chi connectivity index (χ1) is 7.27. The molecule has 15 heavy (non-hydrogen) atoms.